The third kappa shape index (κ3) is 2.21. The van der Waals surface area contributed by atoms with E-state index in [1.54, 1.807) is 0 Å². The summed E-state index contributed by atoms with van der Waals surface area (Å²) in [6, 6.07) is 7.02. The van der Waals surface area contributed by atoms with Gasteiger partial charge >= 0.3 is 6.03 Å². The van der Waals surface area contributed by atoms with Crippen LogP contribution in [0.25, 0.3) is 0 Å². The summed E-state index contributed by atoms with van der Waals surface area (Å²) < 4.78 is 22.5. The minimum absolute atomic E-state index is 0.104. The van der Waals surface area contributed by atoms with E-state index in [1.165, 1.54) is 0 Å². The lowest BCUT2D eigenvalue weighted by atomic mass is 9.92. The molecule has 2 aliphatic rings. The lowest BCUT2D eigenvalue weighted by Gasteiger charge is -2.22. The first-order valence-electron chi connectivity index (χ1n) is 6.74. The normalized spacial score (nSPS) is 24.5. The number of urea groups is 1. The number of imide groups is 1. The van der Waals surface area contributed by atoms with Crippen LogP contribution in [0.15, 0.2) is 24.3 Å². The van der Waals surface area contributed by atoms with Gasteiger partial charge in [0.05, 0.1) is 5.75 Å². The first kappa shape index (κ1) is 14.1. The first-order valence-corrected chi connectivity index (χ1v) is 8.80. The maximum Gasteiger partial charge on any atom is 0.325 e. The lowest BCUT2D eigenvalue weighted by molar-refractivity contribution is -0.131. The second-order valence-corrected chi connectivity index (χ2v) is 7.84. The van der Waals surface area contributed by atoms with Crippen molar-refractivity contribution in [3.63, 3.8) is 0 Å². The van der Waals surface area contributed by atoms with Crippen molar-refractivity contribution in [3.05, 3.63) is 35.4 Å². The molecule has 1 unspecified atom stereocenters. The van der Waals surface area contributed by atoms with Gasteiger partial charge < -0.3 is 5.32 Å². The number of aryl methyl sites for hydroxylation is 1. The molecule has 1 aromatic rings. The fraction of sp³-hybridized carbons (Fsp3) is 0.429. The number of amides is 3. The van der Waals surface area contributed by atoms with Crippen LogP contribution in [0.3, 0.4) is 0 Å². The van der Waals surface area contributed by atoms with E-state index in [-0.39, 0.29) is 18.2 Å². The highest BCUT2D eigenvalue weighted by molar-refractivity contribution is 7.90. The Balaban J connectivity index is 1.91. The van der Waals surface area contributed by atoms with Gasteiger partial charge in [0.1, 0.15) is 15.4 Å². The van der Waals surface area contributed by atoms with Crippen LogP contribution in [-0.4, -0.2) is 43.8 Å². The van der Waals surface area contributed by atoms with Crippen LogP contribution < -0.4 is 5.32 Å². The number of hydrogen-bond acceptors (Lipinski definition) is 4. The standard InChI is InChI=1S/C14H16N2O4S/c1-21(19,20)9-8-16-12(17)14(15-13(16)18)7-6-10-4-2-3-5-11(10)14/h2-5H,6-9H2,1H3,(H,15,18). The molecule has 0 bridgehead atoms. The van der Waals surface area contributed by atoms with Gasteiger partial charge in [0.2, 0.25) is 0 Å². The molecular weight excluding hydrogens is 292 g/mol. The van der Waals surface area contributed by atoms with Crippen molar-refractivity contribution in [2.24, 2.45) is 0 Å². The predicted molar refractivity (Wildman–Crippen MR) is 76.4 cm³/mol. The van der Waals surface area contributed by atoms with Gasteiger partial charge in [-0.15, -0.1) is 0 Å². The van der Waals surface area contributed by atoms with Crippen LogP contribution in [0.5, 0.6) is 0 Å². The first-order chi connectivity index (χ1) is 9.83. The van der Waals surface area contributed by atoms with Gasteiger partial charge in [-0.3, -0.25) is 9.69 Å². The highest BCUT2D eigenvalue weighted by atomic mass is 32.2. The summed E-state index contributed by atoms with van der Waals surface area (Å²) in [6.07, 6.45) is 2.33. The average Bonchev–Trinajstić information content (AvgIpc) is 2.88. The molecule has 1 spiro atoms. The van der Waals surface area contributed by atoms with E-state index in [2.05, 4.69) is 5.32 Å². The Morgan fingerprint density at radius 2 is 2.00 bits per heavy atom. The Bertz CT molecular complexity index is 728. The minimum atomic E-state index is -3.23. The molecule has 1 aliphatic heterocycles. The van der Waals surface area contributed by atoms with Crippen molar-refractivity contribution in [3.8, 4) is 0 Å². The summed E-state index contributed by atoms with van der Waals surface area (Å²) in [4.78, 5) is 25.8. The van der Waals surface area contributed by atoms with Crippen LogP contribution in [0.2, 0.25) is 0 Å². The molecule has 3 rings (SSSR count). The average molecular weight is 308 g/mol. The third-order valence-electron chi connectivity index (χ3n) is 4.11. The largest absolute Gasteiger partial charge is 0.325 e. The molecule has 1 N–H and O–H groups in total. The summed E-state index contributed by atoms with van der Waals surface area (Å²) >= 11 is 0. The van der Waals surface area contributed by atoms with Crippen molar-refractivity contribution in [1.29, 1.82) is 0 Å². The Hall–Kier alpha value is -1.89. The van der Waals surface area contributed by atoms with E-state index in [0.29, 0.717) is 6.42 Å². The fourth-order valence-electron chi connectivity index (χ4n) is 3.05. The molecule has 6 nitrogen and oxygen atoms in total. The molecule has 1 saturated heterocycles. The van der Waals surface area contributed by atoms with Crippen molar-refractivity contribution in [1.82, 2.24) is 10.2 Å². The molecule has 1 atom stereocenters. The van der Waals surface area contributed by atoms with Gasteiger partial charge in [-0.2, -0.15) is 0 Å². The number of benzene rings is 1. The number of fused-ring (bicyclic) bond motifs is 2. The number of sulfone groups is 1. The van der Waals surface area contributed by atoms with Crippen molar-refractivity contribution in [2.45, 2.75) is 18.4 Å². The van der Waals surface area contributed by atoms with Gasteiger partial charge in [0.15, 0.2) is 0 Å². The Morgan fingerprint density at radius 3 is 2.71 bits per heavy atom. The number of nitrogens with zero attached hydrogens (tertiary/aromatic N) is 1. The number of carbonyl (C=O) groups is 2. The highest BCUT2D eigenvalue weighted by Crippen LogP contribution is 2.41. The second kappa shape index (κ2) is 4.56. The van der Waals surface area contributed by atoms with Crippen LogP contribution in [0, 0.1) is 0 Å². The van der Waals surface area contributed by atoms with Crippen LogP contribution in [-0.2, 0) is 26.6 Å². The van der Waals surface area contributed by atoms with Gasteiger partial charge in [0, 0.05) is 12.8 Å². The summed E-state index contributed by atoms with van der Waals surface area (Å²) in [7, 11) is -3.23. The monoisotopic (exact) mass is 308 g/mol. The van der Waals surface area contributed by atoms with Crippen LogP contribution >= 0.6 is 0 Å². The number of nitrogens with one attached hydrogen (secondary N) is 1. The summed E-state index contributed by atoms with van der Waals surface area (Å²) in [5.74, 6) is -0.565. The molecule has 1 heterocycles. The van der Waals surface area contributed by atoms with E-state index in [1.807, 2.05) is 24.3 Å². The van der Waals surface area contributed by atoms with Crippen molar-refractivity contribution >= 4 is 21.8 Å². The smallest absolute Gasteiger partial charge is 0.319 e. The SMILES string of the molecule is CS(=O)(=O)CCN1C(=O)NC2(CCc3ccccc32)C1=O. The van der Waals surface area contributed by atoms with Crippen molar-refractivity contribution < 1.29 is 18.0 Å². The number of carbonyl (C=O) groups excluding carboxylic acids is 2. The maximum absolute atomic E-state index is 12.7. The highest BCUT2D eigenvalue weighted by Gasteiger charge is 2.55. The molecule has 7 heteroatoms. The van der Waals surface area contributed by atoms with Gasteiger partial charge in [0.25, 0.3) is 5.91 Å². The third-order valence-corrected chi connectivity index (χ3v) is 5.03. The molecule has 1 fully saturated rings. The Kier molecular flexibility index (Phi) is 3.05. The van der Waals surface area contributed by atoms with E-state index >= 15 is 0 Å². The molecule has 3 amide bonds. The molecule has 1 aromatic carbocycles. The maximum atomic E-state index is 12.7. The van der Waals surface area contributed by atoms with Crippen LogP contribution in [0.1, 0.15) is 17.5 Å². The zero-order valence-electron chi connectivity index (χ0n) is 11.6. The summed E-state index contributed by atoms with van der Waals surface area (Å²) in [5, 5.41) is 2.76. The molecule has 21 heavy (non-hydrogen) atoms. The van der Waals surface area contributed by atoms with E-state index in [9.17, 15) is 18.0 Å². The molecule has 0 saturated carbocycles. The molecule has 0 radical (unpaired) electrons. The zero-order valence-corrected chi connectivity index (χ0v) is 12.4. The molecular formula is C14H16N2O4S. The topological polar surface area (TPSA) is 83.6 Å². The number of rotatable bonds is 3. The predicted octanol–water partition coefficient (Wildman–Crippen LogP) is 0.424. The van der Waals surface area contributed by atoms with Gasteiger partial charge in [-0.05, 0) is 24.0 Å². The quantitative estimate of drug-likeness (QED) is 0.821. The summed E-state index contributed by atoms with van der Waals surface area (Å²) in [6.45, 7) is -0.104. The lowest BCUT2D eigenvalue weighted by Crippen LogP contribution is -2.42. The Morgan fingerprint density at radius 1 is 1.29 bits per heavy atom. The van der Waals surface area contributed by atoms with Gasteiger partial charge in [-0.25, -0.2) is 13.2 Å². The van der Waals surface area contributed by atoms with E-state index < -0.39 is 21.4 Å². The van der Waals surface area contributed by atoms with Crippen LogP contribution in [0.4, 0.5) is 4.79 Å². The zero-order chi connectivity index (χ0) is 15.3. The van der Waals surface area contributed by atoms with Gasteiger partial charge in [-0.1, -0.05) is 24.3 Å². The second-order valence-electron chi connectivity index (χ2n) is 5.58. The molecule has 1 aliphatic carbocycles. The molecule has 112 valence electrons. The van der Waals surface area contributed by atoms with E-state index in [4.69, 9.17) is 0 Å². The van der Waals surface area contributed by atoms with E-state index in [0.717, 1.165) is 28.7 Å². The molecule has 0 aromatic heterocycles. The fourth-order valence-corrected chi connectivity index (χ4v) is 3.56. The minimum Gasteiger partial charge on any atom is -0.319 e. The van der Waals surface area contributed by atoms with Crippen molar-refractivity contribution in [2.75, 3.05) is 18.6 Å². The number of hydrogen-bond donors (Lipinski definition) is 1. The summed E-state index contributed by atoms with van der Waals surface area (Å²) in [5.41, 5.74) is 0.867. The Labute approximate surface area is 123 Å².